The van der Waals surface area contributed by atoms with Gasteiger partial charge in [0.15, 0.2) is 0 Å². The lowest BCUT2D eigenvalue weighted by Gasteiger charge is -2.26. The molecule has 0 spiro atoms. The molecule has 2 rings (SSSR count). The van der Waals surface area contributed by atoms with E-state index in [0.717, 1.165) is 18.0 Å². The van der Waals surface area contributed by atoms with Crippen molar-refractivity contribution >= 4 is 23.2 Å². The highest BCUT2D eigenvalue weighted by atomic mass is 35.5. The van der Waals surface area contributed by atoms with E-state index in [4.69, 9.17) is 23.2 Å². The predicted octanol–water partition coefficient (Wildman–Crippen LogP) is 4.69. The molecule has 0 aliphatic heterocycles. The lowest BCUT2D eigenvalue weighted by Crippen LogP contribution is -2.28. The molecule has 1 aliphatic carbocycles. The molecule has 0 aromatic heterocycles. The average molecular weight is 272 g/mol. The average Bonchev–Trinajstić information content (AvgIpc) is 3.13. The predicted molar refractivity (Wildman–Crippen MR) is 74.8 cm³/mol. The molecule has 0 amide bonds. The molecule has 1 fully saturated rings. The summed E-state index contributed by atoms with van der Waals surface area (Å²) in [4.78, 5) is 0. The Morgan fingerprint density at radius 1 is 1.35 bits per heavy atom. The maximum absolute atomic E-state index is 6.32. The van der Waals surface area contributed by atoms with Gasteiger partial charge in [0.25, 0.3) is 0 Å². The van der Waals surface area contributed by atoms with Crippen LogP contribution in [-0.4, -0.2) is 6.54 Å². The highest BCUT2D eigenvalue weighted by Crippen LogP contribution is 2.44. The quantitative estimate of drug-likeness (QED) is 0.819. The Kier molecular flexibility index (Phi) is 4.35. The van der Waals surface area contributed by atoms with Crippen LogP contribution in [0.1, 0.15) is 38.3 Å². The summed E-state index contributed by atoms with van der Waals surface area (Å²) in [6.45, 7) is 5.39. The third-order valence-corrected chi connectivity index (χ3v) is 4.47. The SMILES string of the molecule is CCNC(c1cccc(Cl)c1Cl)C(C)C1CC1. The largest absolute Gasteiger partial charge is 0.310 e. The van der Waals surface area contributed by atoms with Gasteiger partial charge in [-0.25, -0.2) is 0 Å². The molecule has 2 atom stereocenters. The third kappa shape index (κ3) is 2.96. The van der Waals surface area contributed by atoms with Gasteiger partial charge in [0.1, 0.15) is 0 Å². The van der Waals surface area contributed by atoms with Crippen LogP contribution in [-0.2, 0) is 0 Å². The Labute approximate surface area is 114 Å². The van der Waals surface area contributed by atoms with E-state index in [2.05, 4.69) is 25.2 Å². The molecule has 0 bridgehead atoms. The van der Waals surface area contributed by atoms with Crippen molar-refractivity contribution < 1.29 is 0 Å². The summed E-state index contributed by atoms with van der Waals surface area (Å²) in [6.07, 6.45) is 2.70. The van der Waals surface area contributed by atoms with Gasteiger partial charge < -0.3 is 5.32 Å². The molecule has 1 nitrogen and oxygen atoms in total. The van der Waals surface area contributed by atoms with Gasteiger partial charge in [-0.1, -0.05) is 49.2 Å². The minimum atomic E-state index is 0.318. The van der Waals surface area contributed by atoms with Crippen molar-refractivity contribution in [1.29, 1.82) is 0 Å². The molecule has 1 aromatic carbocycles. The lowest BCUT2D eigenvalue weighted by atomic mass is 9.90. The zero-order valence-corrected chi connectivity index (χ0v) is 11.9. The summed E-state index contributed by atoms with van der Waals surface area (Å²) in [5.74, 6) is 1.46. The molecule has 0 heterocycles. The molecular formula is C14H19Cl2N. The number of hydrogen-bond donors (Lipinski definition) is 1. The van der Waals surface area contributed by atoms with Crippen molar-refractivity contribution in [3.8, 4) is 0 Å². The van der Waals surface area contributed by atoms with Crippen LogP contribution in [0.5, 0.6) is 0 Å². The van der Waals surface area contributed by atoms with Gasteiger partial charge in [-0.05, 0) is 42.9 Å². The Bertz CT molecular complexity index is 388. The van der Waals surface area contributed by atoms with Crippen molar-refractivity contribution in [2.24, 2.45) is 11.8 Å². The van der Waals surface area contributed by atoms with E-state index in [1.165, 1.54) is 12.8 Å². The smallest absolute Gasteiger partial charge is 0.0640 e. The maximum atomic E-state index is 6.32. The molecule has 1 aliphatic rings. The Balaban J connectivity index is 2.27. The molecule has 17 heavy (non-hydrogen) atoms. The van der Waals surface area contributed by atoms with Crippen LogP contribution in [0.2, 0.25) is 10.0 Å². The van der Waals surface area contributed by atoms with E-state index in [-0.39, 0.29) is 0 Å². The fraction of sp³-hybridized carbons (Fsp3) is 0.571. The second-order valence-corrected chi connectivity index (χ2v) is 5.66. The van der Waals surface area contributed by atoms with Crippen LogP contribution < -0.4 is 5.32 Å². The molecule has 0 saturated heterocycles. The lowest BCUT2D eigenvalue weighted by molar-refractivity contribution is 0.355. The van der Waals surface area contributed by atoms with Crippen LogP contribution in [0.25, 0.3) is 0 Å². The van der Waals surface area contributed by atoms with Crippen LogP contribution in [0.3, 0.4) is 0 Å². The Hall–Kier alpha value is -0.240. The number of benzene rings is 1. The molecule has 94 valence electrons. The van der Waals surface area contributed by atoms with E-state index >= 15 is 0 Å². The summed E-state index contributed by atoms with van der Waals surface area (Å²) < 4.78 is 0. The van der Waals surface area contributed by atoms with Crippen molar-refractivity contribution in [2.45, 2.75) is 32.7 Å². The van der Waals surface area contributed by atoms with Crippen molar-refractivity contribution in [2.75, 3.05) is 6.54 Å². The summed E-state index contributed by atoms with van der Waals surface area (Å²) in [5.41, 5.74) is 1.14. The van der Waals surface area contributed by atoms with E-state index in [1.54, 1.807) is 0 Å². The van der Waals surface area contributed by atoms with Crippen LogP contribution in [0.15, 0.2) is 18.2 Å². The fourth-order valence-corrected chi connectivity index (χ4v) is 2.88. The van der Waals surface area contributed by atoms with Crippen molar-refractivity contribution in [1.82, 2.24) is 5.32 Å². The second-order valence-electron chi connectivity index (χ2n) is 4.87. The number of halogens is 2. The normalized spacial score (nSPS) is 19.1. The van der Waals surface area contributed by atoms with Crippen LogP contribution >= 0.6 is 23.2 Å². The summed E-state index contributed by atoms with van der Waals surface area (Å²) in [7, 11) is 0. The van der Waals surface area contributed by atoms with Gasteiger partial charge in [0, 0.05) is 6.04 Å². The molecule has 1 N–H and O–H groups in total. The Morgan fingerprint density at radius 3 is 2.65 bits per heavy atom. The first-order chi connectivity index (χ1) is 8.15. The number of rotatable bonds is 5. The number of nitrogens with one attached hydrogen (secondary N) is 1. The topological polar surface area (TPSA) is 12.0 Å². The zero-order valence-electron chi connectivity index (χ0n) is 10.3. The first-order valence-corrected chi connectivity index (χ1v) is 7.08. The van der Waals surface area contributed by atoms with Crippen molar-refractivity contribution in [3.63, 3.8) is 0 Å². The minimum absolute atomic E-state index is 0.318. The van der Waals surface area contributed by atoms with Gasteiger partial charge in [0.05, 0.1) is 10.0 Å². The van der Waals surface area contributed by atoms with Gasteiger partial charge in [-0.2, -0.15) is 0 Å². The summed E-state index contributed by atoms with van der Waals surface area (Å²) in [5, 5.41) is 4.89. The van der Waals surface area contributed by atoms with Gasteiger partial charge in [-0.3, -0.25) is 0 Å². The second kappa shape index (κ2) is 5.60. The standard InChI is InChI=1S/C14H19Cl2N/c1-3-17-14(9(2)10-7-8-10)11-5-4-6-12(15)13(11)16/h4-6,9-10,14,17H,3,7-8H2,1-2H3. The van der Waals surface area contributed by atoms with Crippen molar-refractivity contribution in [3.05, 3.63) is 33.8 Å². The third-order valence-electron chi connectivity index (χ3n) is 3.63. The molecular weight excluding hydrogens is 253 g/mol. The van der Waals surface area contributed by atoms with Crippen LogP contribution in [0, 0.1) is 11.8 Å². The van der Waals surface area contributed by atoms with Crippen LogP contribution in [0.4, 0.5) is 0 Å². The fourth-order valence-electron chi connectivity index (χ4n) is 2.45. The van der Waals surface area contributed by atoms with Gasteiger partial charge in [-0.15, -0.1) is 0 Å². The van der Waals surface area contributed by atoms with E-state index in [0.29, 0.717) is 22.0 Å². The summed E-state index contributed by atoms with van der Waals surface area (Å²) in [6, 6.07) is 6.23. The molecule has 3 heteroatoms. The monoisotopic (exact) mass is 271 g/mol. The van der Waals surface area contributed by atoms with Gasteiger partial charge >= 0.3 is 0 Å². The van der Waals surface area contributed by atoms with E-state index < -0.39 is 0 Å². The zero-order chi connectivity index (χ0) is 12.4. The van der Waals surface area contributed by atoms with Gasteiger partial charge in [0.2, 0.25) is 0 Å². The molecule has 2 unspecified atom stereocenters. The minimum Gasteiger partial charge on any atom is -0.310 e. The number of hydrogen-bond acceptors (Lipinski definition) is 1. The van der Waals surface area contributed by atoms with E-state index in [9.17, 15) is 0 Å². The first kappa shape index (κ1) is 13.2. The Morgan fingerprint density at radius 2 is 2.06 bits per heavy atom. The maximum Gasteiger partial charge on any atom is 0.0640 e. The summed E-state index contributed by atoms with van der Waals surface area (Å²) >= 11 is 12.4. The molecule has 0 radical (unpaired) electrons. The molecule has 1 saturated carbocycles. The molecule has 1 aromatic rings. The van der Waals surface area contributed by atoms with E-state index in [1.807, 2.05) is 12.1 Å². The first-order valence-electron chi connectivity index (χ1n) is 6.32. The highest BCUT2D eigenvalue weighted by molar-refractivity contribution is 6.42. The highest BCUT2D eigenvalue weighted by Gasteiger charge is 2.34.